The lowest BCUT2D eigenvalue weighted by Crippen LogP contribution is -2.38. The summed E-state index contributed by atoms with van der Waals surface area (Å²) in [5.41, 5.74) is 0.121. The summed E-state index contributed by atoms with van der Waals surface area (Å²) in [4.78, 5) is 40.1. The molecule has 1 aliphatic rings. The zero-order chi connectivity index (χ0) is 15.8. The average Bonchev–Trinajstić information content (AvgIpc) is 2.83. The minimum atomic E-state index is -0.888. The minimum absolute atomic E-state index is 0.109. The van der Waals surface area contributed by atoms with Gasteiger partial charge in [0.25, 0.3) is 11.5 Å². The molecule has 1 amide bonds. The van der Waals surface area contributed by atoms with Crippen LogP contribution in [0.5, 0.6) is 0 Å². The van der Waals surface area contributed by atoms with Crippen molar-refractivity contribution in [1.82, 2.24) is 9.88 Å². The molecule has 2 heterocycles. The van der Waals surface area contributed by atoms with E-state index in [0.717, 1.165) is 0 Å². The fourth-order valence-corrected chi connectivity index (χ4v) is 2.94. The van der Waals surface area contributed by atoms with Crippen molar-refractivity contribution in [1.29, 1.82) is 0 Å². The van der Waals surface area contributed by atoms with Gasteiger partial charge in [-0.05, 0) is 38.3 Å². The number of hydrogen-bond acceptors (Lipinski definition) is 3. The molecule has 0 aliphatic carbocycles. The monoisotopic (exact) mass is 292 g/mol. The molecule has 1 aliphatic heterocycles. The van der Waals surface area contributed by atoms with Gasteiger partial charge < -0.3 is 15.0 Å². The highest BCUT2D eigenvalue weighted by atomic mass is 16.4. The Hall–Kier alpha value is -2.11. The van der Waals surface area contributed by atoms with Gasteiger partial charge in [-0.1, -0.05) is 6.92 Å². The SMILES string of the molecule is CCC1(C(=O)O)CCN(C(=O)c2c(C)cc(C)[nH]c2=O)C1. The molecule has 1 saturated heterocycles. The molecule has 6 heteroatoms. The normalized spacial score (nSPS) is 21.6. The first-order valence-electron chi connectivity index (χ1n) is 7.04. The van der Waals surface area contributed by atoms with E-state index < -0.39 is 16.9 Å². The van der Waals surface area contributed by atoms with Gasteiger partial charge in [-0.15, -0.1) is 0 Å². The van der Waals surface area contributed by atoms with Crippen molar-refractivity contribution >= 4 is 11.9 Å². The van der Waals surface area contributed by atoms with Gasteiger partial charge in [0.05, 0.1) is 5.41 Å². The molecule has 0 radical (unpaired) electrons. The van der Waals surface area contributed by atoms with E-state index in [0.29, 0.717) is 30.6 Å². The molecule has 0 bridgehead atoms. The second-order valence-corrected chi connectivity index (χ2v) is 5.76. The molecule has 21 heavy (non-hydrogen) atoms. The lowest BCUT2D eigenvalue weighted by Gasteiger charge is -2.23. The summed E-state index contributed by atoms with van der Waals surface area (Å²) < 4.78 is 0. The van der Waals surface area contributed by atoms with E-state index in [2.05, 4.69) is 4.98 Å². The van der Waals surface area contributed by atoms with Crippen LogP contribution in [0.1, 0.15) is 41.4 Å². The second kappa shape index (κ2) is 5.35. The number of carbonyl (C=O) groups is 2. The number of nitrogens with one attached hydrogen (secondary N) is 1. The van der Waals surface area contributed by atoms with Gasteiger partial charge >= 0.3 is 5.97 Å². The lowest BCUT2D eigenvalue weighted by molar-refractivity contribution is -0.148. The predicted molar refractivity (Wildman–Crippen MR) is 77.4 cm³/mol. The number of rotatable bonds is 3. The first-order valence-corrected chi connectivity index (χ1v) is 7.04. The minimum Gasteiger partial charge on any atom is -0.481 e. The van der Waals surface area contributed by atoms with Crippen LogP contribution in [0.15, 0.2) is 10.9 Å². The Balaban J connectivity index is 2.32. The number of hydrogen-bond donors (Lipinski definition) is 2. The van der Waals surface area contributed by atoms with Crippen LogP contribution in [0.25, 0.3) is 0 Å². The van der Waals surface area contributed by atoms with Gasteiger partial charge in [0.1, 0.15) is 5.56 Å². The third-order valence-corrected chi connectivity index (χ3v) is 4.35. The molecular formula is C15H20N2O4. The van der Waals surface area contributed by atoms with Crippen LogP contribution < -0.4 is 5.56 Å². The number of aromatic nitrogens is 1. The number of aliphatic carboxylic acids is 1. The average molecular weight is 292 g/mol. The van der Waals surface area contributed by atoms with Crippen molar-refractivity contribution in [3.05, 3.63) is 33.2 Å². The number of carboxylic acids is 1. The summed E-state index contributed by atoms with van der Waals surface area (Å²) in [6, 6.07) is 1.75. The van der Waals surface area contributed by atoms with Crippen LogP contribution in [0, 0.1) is 19.3 Å². The second-order valence-electron chi connectivity index (χ2n) is 5.76. The largest absolute Gasteiger partial charge is 0.481 e. The quantitative estimate of drug-likeness (QED) is 0.879. The number of amides is 1. The number of likely N-dealkylation sites (tertiary alicyclic amines) is 1. The zero-order valence-corrected chi connectivity index (χ0v) is 12.5. The van der Waals surface area contributed by atoms with Crippen molar-refractivity contribution in [3.8, 4) is 0 Å². The van der Waals surface area contributed by atoms with Crippen molar-refractivity contribution < 1.29 is 14.7 Å². The molecule has 2 rings (SSSR count). The molecule has 114 valence electrons. The van der Waals surface area contributed by atoms with Gasteiger partial charge in [0.15, 0.2) is 0 Å². The number of H-pyrrole nitrogens is 1. The van der Waals surface area contributed by atoms with Crippen molar-refractivity contribution in [2.45, 2.75) is 33.6 Å². The number of aromatic amines is 1. The maximum Gasteiger partial charge on any atom is 0.311 e. The van der Waals surface area contributed by atoms with E-state index in [4.69, 9.17) is 0 Å². The third kappa shape index (κ3) is 2.57. The Bertz CT molecular complexity index is 650. The zero-order valence-electron chi connectivity index (χ0n) is 12.5. The lowest BCUT2D eigenvalue weighted by atomic mass is 9.84. The highest BCUT2D eigenvalue weighted by Crippen LogP contribution is 2.34. The van der Waals surface area contributed by atoms with Crippen molar-refractivity contribution in [2.24, 2.45) is 5.41 Å². The first kappa shape index (κ1) is 15.3. The van der Waals surface area contributed by atoms with E-state index in [9.17, 15) is 19.5 Å². The topological polar surface area (TPSA) is 90.5 Å². The molecule has 0 aromatic carbocycles. The smallest absolute Gasteiger partial charge is 0.311 e. The first-order chi connectivity index (χ1) is 9.80. The molecule has 0 saturated carbocycles. The Morgan fingerprint density at radius 3 is 2.57 bits per heavy atom. The van der Waals surface area contributed by atoms with Crippen molar-refractivity contribution in [3.63, 3.8) is 0 Å². The van der Waals surface area contributed by atoms with Crippen LogP contribution in [0.4, 0.5) is 0 Å². The van der Waals surface area contributed by atoms with Crippen molar-refractivity contribution in [2.75, 3.05) is 13.1 Å². The molecule has 0 spiro atoms. The highest BCUT2D eigenvalue weighted by Gasteiger charge is 2.45. The van der Waals surface area contributed by atoms with Crippen LogP contribution >= 0.6 is 0 Å². The van der Waals surface area contributed by atoms with E-state index in [-0.39, 0.29) is 18.0 Å². The molecule has 1 unspecified atom stereocenters. The summed E-state index contributed by atoms with van der Waals surface area (Å²) >= 11 is 0. The van der Waals surface area contributed by atoms with Gasteiger partial charge in [-0.2, -0.15) is 0 Å². The van der Waals surface area contributed by atoms with Gasteiger partial charge in [-0.25, -0.2) is 0 Å². The number of pyridine rings is 1. The summed E-state index contributed by atoms with van der Waals surface area (Å²) in [5.74, 6) is -1.26. The van der Waals surface area contributed by atoms with E-state index in [1.165, 1.54) is 4.90 Å². The van der Waals surface area contributed by atoms with Gasteiger partial charge in [0, 0.05) is 18.8 Å². The van der Waals surface area contributed by atoms with E-state index in [1.54, 1.807) is 19.9 Å². The number of carbonyl (C=O) groups excluding carboxylic acids is 1. The van der Waals surface area contributed by atoms with Crippen LogP contribution in [-0.4, -0.2) is 40.0 Å². The fraction of sp³-hybridized carbons (Fsp3) is 0.533. The Morgan fingerprint density at radius 1 is 1.43 bits per heavy atom. The van der Waals surface area contributed by atoms with Crippen LogP contribution in [-0.2, 0) is 4.79 Å². The number of nitrogens with zero attached hydrogens (tertiary/aromatic N) is 1. The van der Waals surface area contributed by atoms with Gasteiger partial charge in [-0.3, -0.25) is 14.4 Å². The summed E-state index contributed by atoms with van der Waals surface area (Å²) in [5, 5.41) is 9.37. The molecule has 1 fully saturated rings. The van der Waals surface area contributed by atoms with E-state index in [1.807, 2.05) is 6.92 Å². The molecule has 6 nitrogen and oxygen atoms in total. The molecule has 2 N–H and O–H groups in total. The standard InChI is InChI=1S/C15H20N2O4/c1-4-15(14(20)21)5-6-17(8-15)13(19)11-9(2)7-10(3)16-12(11)18/h7H,4-6,8H2,1-3H3,(H,16,18)(H,20,21). The van der Waals surface area contributed by atoms with E-state index >= 15 is 0 Å². The van der Waals surface area contributed by atoms with Crippen LogP contribution in [0.3, 0.4) is 0 Å². The maximum atomic E-state index is 12.5. The third-order valence-electron chi connectivity index (χ3n) is 4.35. The fourth-order valence-electron chi connectivity index (χ4n) is 2.94. The van der Waals surface area contributed by atoms with Gasteiger partial charge in [0.2, 0.25) is 0 Å². The molecule has 1 aromatic rings. The predicted octanol–water partition coefficient (Wildman–Crippen LogP) is 1.32. The highest BCUT2D eigenvalue weighted by molar-refractivity contribution is 5.96. The number of aryl methyl sites for hydroxylation is 2. The Morgan fingerprint density at radius 2 is 2.10 bits per heavy atom. The Labute approximate surface area is 122 Å². The molecule has 1 aromatic heterocycles. The summed E-state index contributed by atoms with van der Waals surface area (Å²) in [6.07, 6.45) is 0.892. The molecular weight excluding hydrogens is 272 g/mol. The maximum absolute atomic E-state index is 12.5. The summed E-state index contributed by atoms with van der Waals surface area (Å²) in [7, 11) is 0. The summed E-state index contributed by atoms with van der Waals surface area (Å²) in [6.45, 7) is 5.81. The Kier molecular flexibility index (Phi) is 3.89. The number of carboxylic acid groups (broad SMARTS) is 1. The van der Waals surface area contributed by atoms with Crippen LogP contribution in [0.2, 0.25) is 0 Å². The molecule has 1 atom stereocenters.